The second kappa shape index (κ2) is 13.8. The molecule has 8 nitrogen and oxygen atoms in total. The lowest BCUT2D eigenvalue weighted by Crippen LogP contribution is -2.30. The van der Waals surface area contributed by atoms with Crippen LogP contribution in [0.25, 0.3) is 0 Å². The van der Waals surface area contributed by atoms with Crippen molar-refractivity contribution in [1.29, 1.82) is 0 Å². The number of carbonyl (C=O) groups excluding carboxylic acids is 2. The number of halogens is 1. The average molecular weight is 528 g/mol. The van der Waals surface area contributed by atoms with E-state index in [9.17, 15) is 14.0 Å². The topological polar surface area (TPSA) is 103 Å². The lowest BCUT2D eigenvalue weighted by Gasteiger charge is -2.19. The molecular formula is C27H30FN3O5S. The van der Waals surface area contributed by atoms with Crippen LogP contribution >= 0.6 is 12.2 Å². The number of hydrogen-bond donors (Lipinski definition) is 2. The number of nitrogens with two attached hydrogens (primary N) is 1. The molecule has 10 heteroatoms. The summed E-state index contributed by atoms with van der Waals surface area (Å²) < 4.78 is 25.2. The summed E-state index contributed by atoms with van der Waals surface area (Å²) in [5.74, 6) is -1.39. The van der Waals surface area contributed by atoms with E-state index in [0.717, 1.165) is 23.4 Å². The van der Waals surface area contributed by atoms with Gasteiger partial charge in [0.25, 0.3) is 5.91 Å². The van der Waals surface area contributed by atoms with Crippen molar-refractivity contribution in [2.24, 2.45) is 5.73 Å². The Hall–Kier alpha value is -3.44. The van der Waals surface area contributed by atoms with E-state index in [4.69, 9.17) is 14.8 Å². The average Bonchev–Trinajstić information content (AvgIpc) is 2.90. The molecule has 0 heterocycles. The molecule has 0 aliphatic rings. The Bertz CT molecular complexity index is 1180. The monoisotopic (exact) mass is 527 g/mol. The number of benzene rings is 3. The summed E-state index contributed by atoms with van der Waals surface area (Å²) in [6, 6.07) is 19.4. The molecule has 1 unspecified atom stereocenters. The van der Waals surface area contributed by atoms with E-state index in [-0.39, 0.29) is 29.6 Å². The van der Waals surface area contributed by atoms with Gasteiger partial charge in [0, 0.05) is 18.7 Å². The van der Waals surface area contributed by atoms with Crippen molar-refractivity contribution < 1.29 is 27.9 Å². The smallest absolute Gasteiger partial charge is 0.338 e. The van der Waals surface area contributed by atoms with Gasteiger partial charge in [-0.25, -0.2) is 14.1 Å². The van der Waals surface area contributed by atoms with Gasteiger partial charge in [0.1, 0.15) is 12.4 Å². The third-order valence-corrected chi connectivity index (χ3v) is 6.11. The first kappa shape index (κ1) is 28.1. The van der Waals surface area contributed by atoms with Gasteiger partial charge in [0.05, 0.1) is 24.4 Å². The standard InChI is InChI=1S/C27H30FN3O5S/c1-18(20-9-11-23(28)12-10-20)30-26(32)21-14-22(16-25(15-21)31(2)37-36-34-3)27(33)35-17-24(29)13-19-7-5-4-6-8-19/h4-12,14-16,18,24H,13,17,29H2,1-3H3,(H,30,32)/t18-,24?/m1/s1. The van der Waals surface area contributed by atoms with Crippen LogP contribution in [0.2, 0.25) is 0 Å². The van der Waals surface area contributed by atoms with Gasteiger partial charge in [-0.3, -0.25) is 9.10 Å². The van der Waals surface area contributed by atoms with Gasteiger partial charge in [-0.2, -0.15) is 0 Å². The van der Waals surface area contributed by atoms with E-state index in [1.807, 2.05) is 30.3 Å². The van der Waals surface area contributed by atoms with Crippen molar-refractivity contribution in [3.8, 4) is 0 Å². The first-order valence-corrected chi connectivity index (χ1v) is 12.3. The molecule has 0 bridgehead atoms. The van der Waals surface area contributed by atoms with Gasteiger partial charge < -0.3 is 15.8 Å². The van der Waals surface area contributed by atoms with E-state index in [1.54, 1.807) is 42.5 Å². The van der Waals surface area contributed by atoms with E-state index in [2.05, 4.69) is 10.2 Å². The second-order valence-corrected chi connectivity index (χ2v) is 9.20. The summed E-state index contributed by atoms with van der Waals surface area (Å²) in [7, 11) is 3.05. The van der Waals surface area contributed by atoms with Crippen LogP contribution in [0.1, 0.15) is 44.8 Å². The Morgan fingerprint density at radius 3 is 2.41 bits per heavy atom. The number of carbonyl (C=O) groups is 2. The van der Waals surface area contributed by atoms with Crippen molar-refractivity contribution in [3.63, 3.8) is 0 Å². The normalized spacial score (nSPS) is 12.5. The third-order valence-electron chi connectivity index (χ3n) is 5.48. The minimum atomic E-state index is -0.614. The van der Waals surface area contributed by atoms with Crippen LogP contribution in [0.5, 0.6) is 0 Å². The molecule has 2 atom stereocenters. The van der Waals surface area contributed by atoms with Gasteiger partial charge in [0.2, 0.25) is 0 Å². The number of rotatable bonds is 12. The predicted molar refractivity (Wildman–Crippen MR) is 141 cm³/mol. The van der Waals surface area contributed by atoms with E-state index in [0.29, 0.717) is 12.1 Å². The summed E-state index contributed by atoms with van der Waals surface area (Å²) in [6.45, 7) is 1.80. The number of nitrogens with one attached hydrogen (secondary N) is 1. The quantitative estimate of drug-likeness (QED) is 0.116. The third kappa shape index (κ3) is 8.57. The Morgan fingerprint density at radius 2 is 1.73 bits per heavy atom. The summed E-state index contributed by atoms with van der Waals surface area (Å²) in [5, 5.41) is 2.87. The molecule has 3 rings (SSSR count). The first-order valence-electron chi connectivity index (χ1n) is 11.6. The predicted octanol–water partition coefficient (Wildman–Crippen LogP) is 4.62. The van der Waals surface area contributed by atoms with E-state index in [1.165, 1.54) is 25.3 Å². The number of esters is 1. The van der Waals surface area contributed by atoms with E-state index >= 15 is 0 Å². The fraction of sp³-hybridized carbons (Fsp3) is 0.259. The van der Waals surface area contributed by atoms with Crippen LogP contribution in [-0.2, 0) is 20.4 Å². The number of amides is 1. The number of anilines is 1. The zero-order valence-corrected chi connectivity index (χ0v) is 21.7. The van der Waals surface area contributed by atoms with Crippen molar-refractivity contribution in [2.45, 2.75) is 25.4 Å². The Kier molecular flexibility index (Phi) is 10.5. The van der Waals surface area contributed by atoms with Crippen molar-refractivity contribution in [3.05, 3.63) is 101 Å². The minimum absolute atomic E-state index is 0.0124. The highest BCUT2D eigenvalue weighted by Crippen LogP contribution is 2.25. The zero-order valence-electron chi connectivity index (χ0n) is 20.8. The highest BCUT2D eigenvalue weighted by atomic mass is 32.2. The van der Waals surface area contributed by atoms with Crippen LogP contribution in [0.15, 0.2) is 72.8 Å². The fourth-order valence-corrected chi connectivity index (χ4v) is 3.86. The Balaban J connectivity index is 1.75. The summed E-state index contributed by atoms with van der Waals surface area (Å²) >= 11 is 0.874. The van der Waals surface area contributed by atoms with Crippen molar-refractivity contribution in [2.75, 3.05) is 25.1 Å². The van der Waals surface area contributed by atoms with Crippen molar-refractivity contribution in [1.82, 2.24) is 5.32 Å². The summed E-state index contributed by atoms with van der Waals surface area (Å²) in [6.07, 6.45) is 0.552. The van der Waals surface area contributed by atoms with Gasteiger partial charge in [0.15, 0.2) is 12.2 Å². The van der Waals surface area contributed by atoms with Crippen LogP contribution in [0.3, 0.4) is 0 Å². The maximum Gasteiger partial charge on any atom is 0.338 e. The van der Waals surface area contributed by atoms with Crippen LogP contribution in [0, 0.1) is 5.82 Å². The molecule has 0 aromatic heterocycles. The molecule has 0 saturated heterocycles. The van der Waals surface area contributed by atoms with Gasteiger partial charge >= 0.3 is 5.97 Å². The zero-order chi connectivity index (χ0) is 26.8. The van der Waals surface area contributed by atoms with Gasteiger partial charge in [-0.1, -0.05) is 42.5 Å². The molecule has 0 aliphatic carbocycles. The molecule has 196 valence electrons. The largest absolute Gasteiger partial charge is 0.460 e. The van der Waals surface area contributed by atoms with Gasteiger partial charge in [-0.15, -0.1) is 4.33 Å². The SMILES string of the molecule is COOSN(C)c1cc(C(=O)N[C@H](C)c2ccc(F)cc2)cc(C(=O)OCC(N)Cc2ccccc2)c1. The van der Waals surface area contributed by atoms with Crippen LogP contribution < -0.4 is 15.4 Å². The maximum atomic E-state index is 13.3. The second-order valence-electron chi connectivity index (χ2n) is 8.37. The molecule has 0 radical (unpaired) electrons. The molecule has 37 heavy (non-hydrogen) atoms. The molecule has 0 fully saturated rings. The maximum absolute atomic E-state index is 13.3. The molecular weight excluding hydrogens is 497 g/mol. The van der Waals surface area contributed by atoms with Crippen LogP contribution in [-0.4, -0.2) is 38.7 Å². The Labute approximate surface area is 220 Å². The fourth-order valence-electron chi connectivity index (χ4n) is 3.52. The van der Waals surface area contributed by atoms with Crippen LogP contribution in [0.4, 0.5) is 10.1 Å². The van der Waals surface area contributed by atoms with Crippen molar-refractivity contribution >= 4 is 29.8 Å². The molecule has 0 aliphatic heterocycles. The van der Waals surface area contributed by atoms with Gasteiger partial charge in [-0.05, 0) is 54.8 Å². The summed E-state index contributed by atoms with van der Waals surface area (Å²) in [4.78, 5) is 30.6. The Morgan fingerprint density at radius 1 is 1.05 bits per heavy atom. The molecule has 0 saturated carbocycles. The molecule has 3 N–H and O–H groups in total. The number of nitrogens with zero attached hydrogens (tertiary/aromatic N) is 1. The highest BCUT2D eigenvalue weighted by Gasteiger charge is 2.19. The number of ether oxygens (including phenoxy) is 1. The summed E-state index contributed by atoms with van der Waals surface area (Å²) in [5.41, 5.74) is 8.84. The minimum Gasteiger partial charge on any atom is -0.460 e. The lowest BCUT2D eigenvalue weighted by atomic mass is 10.1. The first-order chi connectivity index (χ1) is 17.8. The van der Waals surface area contributed by atoms with E-state index < -0.39 is 17.9 Å². The molecule has 1 amide bonds. The highest BCUT2D eigenvalue weighted by molar-refractivity contribution is 7.95. The lowest BCUT2D eigenvalue weighted by molar-refractivity contribution is -0.160. The number of hydrogen-bond acceptors (Lipinski definition) is 8. The molecule has 3 aromatic carbocycles. The molecule has 0 spiro atoms. The molecule has 3 aromatic rings.